The van der Waals surface area contributed by atoms with Crippen LogP contribution in [0.4, 0.5) is 8.78 Å². The maximum Gasteiger partial charge on any atom is 0.243 e. The number of amides is 1. The number of hydrogen-bond acceptors (Lipinski definition) is 3. The summed E-state index contributed by atoms with van der Waals surface area (Å²) in [6.45, 7) is 0.673. The number of carbonyl (C=O) groups is 1. The van der Waals surface area contributed by atoms with Gasteiger partial charge in [0, 0.05) is 37.6 Å². The molecular formula is C19H19ClF2N2O3S. The van der Waals surface area contributed by atoms with Crippen LogP contribution in [-0.4, -0.2) is 49.7 Å². The lowest BCUT2D eigenvalue weighted by Crippen LogP contribution is -2.50. The standard InChI is InChI=1S/C19H19ClF2N2O3S/c20-16-4-2-1-3-14(16)5-8-19(25)23-9-11-24(12-10-23)28(26,27)15-6-7-17(21)18(22)13-15/h1-4,6-7,13H,5,8-12H2. The van der Waals surface area contributed by atoms with Crippen molar-refractivity contribution in [2.24, 2.45) is 0 Å². The third-order valence-electron chi connectivity index (χ3n) is 4.69. The van der Waals surface area contributed by atoms with Gasteiger partial charge in [-0.2, -0.15) is 4.31 Å². The SMILES string of the molecule is O=C(CCc1ccccc1Cl)N1CCN(S(=O)(=O)c2ccc(F)c(F)c2)CC1. The monoisotopic (exact) mass is 428 g/mol. The Kier molecular flexibility index (Phi) is 6.32. The van der Waals surface area contributed by atoms with Crippen molar-refractivity contribution in [3.05, 3.63) is 64.7 Å². The van der Waals surface area contributed by atoms with Crippen LogP contribution in [0, 0.1) is 11.6 Å². The highest BCUT2D eigenvalue weighted by atomic mass is 35.5. The molecule has 0 unspecified atom stereocenters. The predicted octanol–water partition coefficient (Wildman–Crippen LogP) is 3.08. The zero-order valence-corrected chi connectivity index (χ0v) is 16.5. The highest BCUT2D eigenvalue weighted by Crippen LogP contribution is 2.21. The van der Waals surface area contributed by atoms with Crippen molar-refractivity contribution in [3.63, 3.8) is 0 Å². The van der Waals surface area contributed by atoms with Gasteiger partial charge in [0.25, 0.3) is 0 Å². The van der Waals surface area contributed by atoms with Gasteiger partial charge >= 0.3 is 0 Å². The molecule has 3 rings (SSSR count). The molecular weight excluding hydrogens is 410 g/mol. The normalized spacial score (nSPS) is 15.6. The minimum atomic E-state index is -3.94. The van der Waals surface area contributed by atoms with E-state index in [4.69, 9.17) is 11.6 Å². The minimum Gasteiger partial charge on any atom is -0.340 e. The number of hydrogen-bond donors (Lipinski definition) is 0. The summed E-state index contributed by atoms with van der Waals surface area (Å²) >= 11 is 6.09. The molecule has 0 aliphatic carbocycles. The number of carbonyl (C=O) groups excluding carboxylic acids is 1. The third-order valence-corrected chi connectivity index (χ3v) is 6.95. The lowest BCUT2D eigenvalue weighted by atomic mass is 10.1. The molecule has 1 aliphatic heterocycles. The Balaban J connectivity index is 1.58. The maximum absolute atomic E-state index is 13.4. The van der Waals surface area contributed by atoms with Crippen LogP contribution in [0.15, 0.2) is 47.4 Å². The van der Waals surface area contributed by atoms with Gasteiger partial charge in [-0.25, -0.2) is 17.2 Å². The summed E-state index contributed by atoms with van der Waals surface area (Å²) in [6, 6.07) is 9.80. The van der Waals surface area contributed by atoms with Gasteiger partial charge in [0.15, 0.2) is 11.6 Å². The van der Waals surface area contributed by atoms with Crippen LogP contribution in [0.2, 0.25) is 5.02 Å². The maximum atomic E-state index is 13.4. The first-order chi connectivity index (χ1) is 13.3. The molecule has 2 aromatic carbocycles. The van der Waals surface area contributed by atoms with E-state index in [0.29, 0.717) is 17.5 Å². The number of nitrogens with zero attached hydrogens (tertiary/aromatic N) is 2. The molecule has 9 heteroatoms. The Bertz CT molecular complexity index is 977. The summed E-state index contributed by atoms with van der Waals surface area (Å²) in [5.74, 6) is -2.40. The van der Waals surface area contributed by atoms with Crippen LogP contribution in [0.3, 0.4) is 0 Å². The van der Waals surface area contributed by atoms with E-state index in [1.165, 1.54) is 4.31 Å². The molecule has 1 aliphatic rings. The van der Waals surface area contributed by atoms with Gasteiger partial charge in [-0.1, -0.05) is 29.8 Å². The van der Waals surface area contributed by atoms with Crippen LogP contribution in [-0.2, 0) is 21.2 Å². The minimum absolute atomic E-state index is 0.0789. The molecule has 0 aromatic heterocycles. The summed E-state index contributed by atoms with van der Waals surface area (Å²) in [7, 11) is -3.94. The van der Waals surface area contributed by atoms with Crippen molar-refractivity contribution in [1.29, 1.82) is 0 Å². The second-order valence-corrected chi connectivity index (χ2v) is 8.80. The van der Waals surface area contributed by atoms with E-state index >= 15 is 0 Å². The molecule has 1 fully saturated rings. The lowest BCUT2D eigenvalue weighted by Gasteiger charge is -2.34. The second-order valence-electron chi connectivity index (χ2n) is 6.45. The van der Waals surface area contributed by atoms with Crippen LogP contribution >= 0.6 is 11.6 Å². The Labute approximate surface area is 167 Å². The summed E-state index contributed by atoms with van der Waals surface area (Å²) in [5.41, 5.74) is 0.886. The van der Waals surface area contributed by atoms with Gasteiger partial charge in [0.2, 0.25) is 15.9 Å². The largest absolute Gasteiger partial charge is 0.340 e. The summed E-state index contributed by atoms with van der Waals surface area (Å²) < 4.78 is 52.8. The summed E-state index contributed by atoms with van der Waals surface area (Å²) in [6.07, 6.45) is 0.783. The number of sulfonamides is 1. The number of benzene rings is 2. The van der Waals surface area contributed by atoms with E-state index in [0.717, 1.165) is 17.7 Å². The quantitative estimate of drug-likeness (QED) is 0.735. The Hall–Kier alpha value is -2.03. The van der Waals surface area contributed by atoms with E-state index in [9.17, 15) is 22.0 Å². The average Bonchev–Trinajstić information content (AvgIpc) is 2.69. The molecule has 0 spiro atoms. The first-order valence-electron chi connectivity index (χ1n) is 8.75. The van der Waals surface area contributed by atoms with Crippen molar-refractivity contribution in [1.82, 2.24) is 9.21 Å². The molecule has 0 saturated carbocycles. The highest BCUT2D eigenvalue weighted by molar-refractivity contribution is 7.89. The van der Waals surface area contributed by atoms with Crippen molar-refractivity contribution in [2.45, 2.75) is 17.7 Å². The smallest absolute Gasteiger partial charge is 0.243 e. The van der Waals surface area contributed by atoms with Crippen LogP contribution in [0.25, 0.3) is 0 Å². The van der Waals surface area contributed by atoms with Gasteiger partial charge < -0.3 is 4.90 Å². The molecule has 1 amide bonds. The first kappa shape index (κ1) is 20.7. The Morgan fingerprint density at radius 3 is 2.32 bits per heavy atom. The molecule has 0 N–H and O–H groups in total. The van der Waals surface area contributed by atoms with Gasteiger partial charge in [-0.15, -0.1) is 0 Å². The van der Waals surface area contributed by atoms with E-state index in [1.807, 2.05) is 18.2 Å². The summed E-state index contributed by atoms with van der Waals surface area (Å²) in [4.78, 5) is 13.7. The number of piperazine rings is 1. The van der Waals surface area contributed by atoms with E-state index in [2.05, 4.69) is 0 Å². The zero-order valence-electron chi connectivity index (χ0n) is 14.9. The topological polar surface area (TPSA) is 57.7 Å². The Morgan fingerprint density at radius 2 is 1.68 bits per heavy atom. The number of rotatable bonds is 5. The van der Waals surface area contributed by atoms with Crippen molar-refractivity contribution >= 4 is 27.5 Å². The third kappa shape index (κ3) is 4.51. The van der Waals surface area contributed by atoms with E-state index in [1.54, 1.807) is 11.0 Å². The molecule has 1 heterocycles. The predicted molar refractivity (Wildman–Crippen MR) is 101 cm³/mol. The van der Waals surface area contributed by atoms with E-state index < -0.39 is 21.7 Å². The van der Waals surface area contributed by atoms with Crippen LogP contribution < -0.4 is 0 Å². The highest BCUT2D eigenvalue weighted by Gasteiger charge is 2.30. The van der Waals surface area contributed by atoms with Gasteiger partial charge in [-0.05, 0) is 36.2 Å². The second kappa shape index (κ2) is 8.55. The summed E-state index contributed by atoms with van der Waals surface area (Å²) in [5, 5.41) is 0.609. The fraction of sp³-hybridized carbons (Fsp3) is 0.316. The fourth-order valence-electron chi connectivity index (χ4n) is 3.07. The Morgan fingerprint density at radius 1 is 1.00 bits per heavy atom. The molecule has 2 aromatic rings. The van der Waals surface area contributed by atoms with Crippen molar-refractivity contribution in [2.75, 3.05) is 26.2 Å². The molecule has 28 heavy (non-hydrogen) atoms. The van der Waals surface area contributed by atoms with Crippen molar-refractivity contribution in [3.8, 4) is 0 Å². The molecule has 1 saturated heterocycles. The van der Waals surface area contributed by atoms with Crippen LogP contribution in [0.5, 0.6) is 0 Å². The first-order valence-corrected chi connectivity index (χ1v) is 10.6. The zero-order chi connectivity index (χ0) is 20.3. The van der Waals surface area contributed by atoms with Gasteiger partial charge in [0.1, 0.15) is 0 Å². The van der Waals surface area contributed by atoms with Gasteiger partial charge in [-0.3, -0.25) is 4.79 Å². The molecule has 0 bridgehead atoms. The molecule has 150 valence electrons. The van der Waals surface area contributed by atoms with E-state index in [-0.39, 0.29) is 43.4 Å². The van der Waals surface area contributed by atoms with Gasteiger partial charge in [0.05, 0.1) is 4.90 Å². The molecule has 5 nitrogen and oxygen atoms in total. The molecule has 0 atom stereocenters. The van der Waals surface area contributed by atoms with Crippen LogP contribution in [0.1, 0.15) is 12.0 Å². The number of halogens is 3. The van der Waals surface area contributed by atoms with Crippen molar-refractivity contribution < 1.29 is 22.0 Å². The molecule has 0 radical (unpaired) electrons. The average molecular weight is 429 g/mol. The number of aryl methyl sites for hydroxylation is 1. The fourth-order valence-corrected chi connectivity index (χ4v) is 4.73. The lowest BCUT2D eigenvalue weighted by molar-refractivity contribution is -0.132.